The minimum atomic E-state index is 0. The van der Waals surface area contributed by atoms with Crippen LogP contribution in [0.2, 0.25) is 0 Å². The van der Waals surface area contributed by atoms with Gasteiger partial charge in [0.25, 0.3) is 0 Å². The van der Waals surface area contributed by atoms with Crippen LogP contribution in [-0.4, -0.2) is 0 Å². The summed E-state index contributed by atoms with van der Waals surface area (Å²) >= 11 is 0. The first-order valence-electron chi connectivity index (χ1n) is 3.89. The van der Waals surface area contributed by atoms with Gasteiger partial charge in [-0.1, -0.05) is 46.5 Å². The molecule has 0 aromatic carbocycles. The molecule has 1 aliphatic rings. The normalized spacial score (nSPS) is 12.2. The summed E-state index contributed by atoms with van der Waals surface area (Å²) in [6.07, 6.45) is 5.95. The average molecular weight is 304 g/mol. The Bertz CT molecular complexity index is 43.4. The van der Waals surface area contributed by atoms with Gasteiger partial charge < -0.3 is 22.3 Å². The topological polar surface area (TPSA) is 0 Å². The molecular weight excluding hydrogens is 277 g/mol. The maximum Gasteiger partial charge on any atom is 2.00 e. The zero-order valence-corrected chi connectivity index (χ0v) is 14.3. The third kappa shape index (κ3) is 24.8. The fraction of sp³-hybridized carbons (Fsp3) is 0.727. The van der Waals surface area contributed by atoms with Gasteiger partial charge in [0, 0.05) is 32.7 Å². The largest absolute Gasteiger partial charge is 2.00 e. The molecule has 1 saturated carbocycles. The molecule has 1 rings (SSSR count). The van der Waals surface area contributed by atoms with Crippen LogP contribution in [0.4, 0.5) is 0 Å². The summed E-state index contributed by atoms with van der Waals surface area (Å²) in [7, 11) is 0. The van der Waals surface area contributed by atoms with E-state index in [0.717, 1.165) is 5.92 Å². The summed E-state index contributed by atoms with van der Waals surface area (Å²) in [4.78, 5) is 0. The SMILES string of the molecule is CC.CC1CCCC1.[CH3-].[CH3-].[CH3-].[Fe+2].[Y]. The molecule has 2 heteroatoms. The van der Waals surface area contributed by atoms with E-state index in [1.54, 1.807) is 0 Å². The second-order valence-corrected chi connectivity index (χ2v) is 2.39. The van der Waals surface area contributed by atoms with E-state index in [1.165, 1.54) is 25.7 Å². The van der Waals surface area contributed by atoms with Gasteiger partial charge >= 0.3 is 17.1 Å². The maximum absolute atomic E-state index is 2.34. The molecule has 1 aliphatic carbocycles. The third-order valence-corrected chi connectivity index (χ3v) is 1.64. The second kappa shape index (κ2) is 29.2. The molecule has 0 aromatic heterocycles. The minimum Gasteiger partial charge on any atom is -0.358 e. The predicted molar refractivity (Wildman–Crippen MR) is 58.2 cm³/mol. The van der Waals surface area contributed by atoms with E-state index in [-0.39, 0.29) is 72.1 Å². The standard InChI is InChI=1S/C6H12.C2H6.3CH3.Fe.Y/c1-6-4-2-3-5-6;1-2;;;;;/h6H,2-5H2,1H3;1-2H3;3*1H3;;/q;;3*-1;+2;. The van der Waals surface area contributed by atoms with E-state index in [2.05, 4.69) is 6.92 Å². The first-order chi connectivity index (χ1) is 3.89. The smallest absolute Gasteiger partial charge is 0.358 e. The molecule has 0 heterocycles. The summed E-state index contributed by atoms with van der Waals surface area (Å²) in [5, 5.41) is 0. The van der Waals surface area contributed by atoms with Gasteiger partial charge in [-0.3, -0.25) is 0 Å². The maximum atomic E-state index is 2.34. The Hall–Kier alpha value is 1.62. The van der Waals surface area contributed by atoms with Crippen LogP contribution in [0.3, 0.4) is 0 Å². The first-order valence-corrected chi connectivity index (χ1v) is 3.89. The van der Waals surface area contributed by atoms with Crippen molar-refractivity contribution in [3.63, 3.8) is 0 Å². The van der Waals surface area contributed by atoms with E-state index in [9.17, 15) is 0 Å². The monoisotopic (exact) mass is 304 g/mol. The fourth-order valence-corrected chi connectivity index (χ4v) is 1.13. The Morgan fingerprint density at radius 3 is 1.15 bits per heavy atom. The number of rotatable bonds is 0. The Kier molecular flexibility index (Phi) is 82.0. The predicted octanol–water partition coefficient (Wildman–Crippen LogP) is 4.57. The molecule has 0 atom stereocenters. The summed E-state index contributed by atoms with van der Waals surface area (Å²) in [5.74, 6) is 1.05. The number of hydrogen-bond donors (Lipinski definition) is 0. The van der Waals surface area contributed by atoms with Gasteiger partial charge in [-0.2, -0.15) is 0 Å². The summed E-state index contributed by atoms with van der Waals surface area (Å²) < 4.78 is 0. The average Bonchev–Trinajstić information content (AvgIpc) is 2.24. The zero-order chi connectivity index (χ0) is 6.41. The van der Waals surface area contributed by atoms with E-state index in [1.807, 2.05) is 13.8 Å². The summed E-state index contributed by atoms with van der Waals surface area (Å²) in [5.41, 5.74) is 0. The van der Waals surface area contributed by atoms with Gasteiger partial charge in [0.2, 0.25) is 0 Å². The van der Waals surface area contributed by atoms with Crippen molar-refractivity contribution in [1.82, 2.24) is 0 Å². The Morgan fingerprint density at radius 1 is 0.846 bits per heavy atom. The van der Waals surface area contributed by atoms with Crippen molar-refractivity contribution in [3.8, 4) is 0 Å². The van der Waals surface area contributed by atoms with Gasteiger partial charge in [-0.15, -0.1) is 0 Å². The van der Waals surface area contributed by atoms with Gasteiger partial charge in [-0.05, 0) is 5.92 Å². The van der Waals surface area contributed by atoms with Gasteiger partial charge in [-0.25, -0.2) is 0 Å². The van der Waals surface area contributed by atoms with Crippen molar-refractivity contribution in [3.05, 3.63) is 22.3 Å². The van der Waals surface area contributed by atoms with Crippen molar-refractivity contribution < 1.29 is 49.8 Å². The van der Waals surface area contributed by atoms with E-state index in [4.69, 9.17) is 0 Å². The molecule has 1 radical (unpaired) electrons. The third-order valence-electron chi connectivity index (χ3n) is 1.64. The molecule has 0 aromatic rings. The van der Waals surface area contributed by atoms with Crippen molar-refractivity contribution in [2.45, 2.75) is 46.5 Å². The second-order valence-electron chi connectivity index (χ2n) is 2.39. The van der Waals surface area contributed by atoms with E-state index in [0.29, 0.717) is 0 Å². The summed E-state index contributed by atoms with van der Waals surface area (Å²) in [6.45, 7) is 6.34. The molecule has 0 amide bonds. The van der Waals surface area contributed by atoms with Gasteiger partial charge in [0.05, 0.1) is 0 Å². The van der Waals surface area contributed by atoms with Crippen molar-refractivity contribution in [2.24, 2.45) is 5.92 Å². The molecule has 1 fully saturated rings. The first kappa shape index (κ1) is 36.5. The minimum absolute atomic E-state index is 0. The van der Waals surface area contributed by atoms with E-state index < -0.39 is 0 Å². The van der Waals surface area contributed by atoms with Crippen LogP contribution in [0.15, 0.2) is 0 Å². The molecule has 13 heavy (non-hydrogen) atoms. The van der Waals surface area contributed by atoms with Crippen LogP contribution < -0.4 is 0 Å². The molecular formula is C11H27FeY-. The molecule has 83 valence electrons. The van der Waals surface area contributed by atoms with Crippen LogP contribution in [0.25, 0.3) is 0 Å². The quantitative estimate of drug-likeness (QED) is 0.454. The Balaban J connectivity index is -0.0000000166. The number of hydrogen-bond acceptors (Lipinski definition) is 0. The van der Waals surface area contributed by atoms with Crippen LogP contribution in [0.5, 0.6) is 0 Å². The van der Waals surface area contributed by atoms with Crippen LogP contribution in [0.1, 0.15) is 46.5 Å². The molecule has 0 spiro atoms. The van der Waals surface area contributed by atoms with Crippen LogP contribution in [0, 0.1) is 28.2 Å². The van der Waals surface area contributed by atoms with Crippen LogP contribution >= 0.6 is 0 Å². The Labute approximate surface area is 123 Å². The fourth-order valence-electron chi connectivity index (χ4n) is 1.13. The molecule has 0 unspecified atom stereocenters. The molecule has 0 N–H and O–H groups in total. The molecule has 0 bridgehead atoms. The molecule has 0 aliphatic heterocycles. The van der Waals surface area contributed by atoms with Crippen molar-refractivity contribution in [2.75, 3.05) is 0 Å². The zero-order valence-electron chi connectivity index (χ0n) is 10.3. The Morgan fingerprint density at radius 2 is 1.08 bits per heavy atom. The van der Waals surface area contributed by atoms with Crippen molar-refractivity contribution in [1.29, 1.82) is 0 Å². The van der Waals surface area contributed by atoms with Crippen LogP contribution in [-0.2, 0) is 49.8 Å². The van der Waals surface area contributed by atoms with Gasteiger partial charge in [0.1, 0.15) is 0 Å². The van der Waals surface area contributed by atoms with Crippen molar-refractivity contribution >= 4 is 0 Å². The molecule has 0 nitrogen and oxygen atoms in total. The molecule has 0 saturated heterocycles. The summed E-state index contributed by atoms with van der Waals surface area (Å²) in [6, 6.07) is 0. The van der Waals surface area contributed by atoms with E-state index >= 15 is 0 Å². The van der Waals surface area contributed by atoms with Gasteiger partial charge in [0.15, 0.2) is 0 Å².